The maximum Gasteiger partial charge on any atom is 0.339 e. The summed E-state index contributed by atoms with van der Waals surface area (Å²) in [6.45, 7) is 5.39. The van der Waals surface area contributed by atoms with E-state index in [1.165, 1.54) is 13.0 Å². The molecule has 8 nitrogen and oxygen atoms in total. The van der Waals surface area contributed by atoms with Crippen molar-refractivity contribution in [2.75, 3.05) is 6.54 Å². The minimum absolute atomic E-state index is 0.0298. The van der Waals surface area contributed by atoms with Crippen molar-refractivity contribution in [1.29, 1.82) is 0 Å². The zero-order valence-electron chi connectivity index (χ0n) is 12.1. The van der Waals surface area contributed by atoms with Gasteiger partial charge in [-0.3, -0.25) is 4.79 Å². The first-order chi connectivity index (χ1) is 9.85. The maximum absolute atomic E-state index is 11.6. The van der Waals surface area contributed by atoms with Gasteiger partial charge in [-0.05, 0) is 26.8 Å². The third-order valence-corrected chi connectivity index (χ3v) is 2.71. The highest BCUT2D eigenvalue weighted by atomic mass is 16.4. The standard InChI is InChI=1S/C13H19N3O5/c1-4-14-11(17)7(2)16-13(20)15-6-9-5-10(12(18)19)8(3)21-9/h5,7H,4,6H2,1-3H3,(H,14,17)(H,18,19)(H2,15,16,20). The summed E-state index contributed by atoms with van der Waals surface area (Å²) < 4.78 is 5.21. The molecule has 0 aliphatic rings. The van der Waals surface area contributed by atoms with Gasteiger partial charge in [0, 0.05) is 6.54 Å². The van der Waals surface area contributed by atoms with Gasteiger partial charge in [-0.15, -0.1) is 0 Å². The Morgan fingerprint density at radius 2 is 2.00 bits per heavy atom. The van der Waals surface area contributed by atoms with Gasteiger partial charge in [-0.1, -0.05) is 0 Å². The van der Waals surface area contributed by atoms with Gasteiger partial charge in [0.15, 0.2) is 0 Å². The maximum atomic E-state index is 11.6. The lowest BCUT2D eigenvalue weighted by Crippen LogP contribution is -2.48. The van der Waals surface area contributed by atoms with Crippen LogP contribution in [0.25, 0.3) is 0 Å². The van der Waals surface area contributed by atoms with Crippen molar-refractivity contribution >= 4 is 17.9 Å². The Hall–Kier alpha value is -2.51. The predicted molar refractivity (Wildman–Crippen MR) is 73.9 cm³/mol. The lowest BCUT2D eigenvalue weighted by atomic mass is 10.2. The van der Waals surface area contributed by atoms with Gasteiger partial charge in [-0.25, -0.2) is 9.59 Å². The summed E-state index contributed by atoms with van der Waals surface area (Å²) >= 11 is 0. The first-order valence-electron chi connectivity index (χ1n) is 6.49. The molecule has 1 unspecified atom stereocenters. The van der Waals surface area contributed by atoms with E-state index in [0.717, 1.165) is 0 Å². The number of aromatic carboxylic acids is 1. The Kier molecular flexibility index (Phi) is 5.77. The SMILES string of the molecule is CCNC(=O)C(C)NC(=O)NCc1cc(C(=O)O)c(C)o1. The molecule has 1 aromatic heterocycles. The Balaban J connectivity index is 2.48. The molecule has 0 spiro atoms. The highest BCUT2D eigenvalue weighted by Crippen LogP contribution is 2.14. The number of amides is 3. The fourth-order valence-electron chi connectivity index (χ4n) is 1.65. The number of furan rings is 1. The van der Waals surface area contributed by atoms with Crippen LogP contribution in [-0.4, -0.2) is 35.6 Å². The minimum Gasteiger partial charge on any atom is -0.478 e. The molecule has 1 rings (SSSR count). The second-order valence-electron chi connectivity index (χ2n) is 4.43. The fraction of sp³-hybridized carbons (Fsp3) is 0.462. The number of likely N-dealkylation sites (N-methyl/N-ethyl adjacent to an activating group) is 1. The predicted octanol–water partition coefficient (Wildman–Crippen LogP) is 0.610. The smallest absolute Gasteiger partial charge is 0.339 e. The molecular weight excluding hydrogens is 278 g/mol. The molecule has 116 valence electrons. The molecule has 0 bridgehead atoms. The average Bonchev–Trinajstić information content (AvgIpc) is 2.78. The van der Waals surface area contributed by atoms with Gasteiger partial charge in [0.25, 0.3) is 0 Å². The minimum atomic E-state index is -1.09. The zero-order valence-corrected chi connectivity index (χ0v) is 12.1. The van der Waals surface area contributed by atoms with Crippen LogP contribution in [0.2, 0.25) is 0 Å². The van der Waals surface area contributed by atoms with Crippen LogP contribution in [0.15, 0.2) is 10.5 Å². The third-order valence-electron chi connectivity index (χ3n) is 2.71. The number of nitrogens with one attached hydrogen (secondary N) is 3. The summed E-state index contributed by atoms with van der Waals surface area (Å²) in [6, 6.07) is 0.142. The van der Waals surface area contributed by atoms with E-state index in [9.17, 15) is 14.4 Å². The molecule has 3 amide bonds. The summed E-state index contributed by atoms with van der Waals surface area (Å²) in [6.07, 6.45) is 0. The Labute approximate surface area is 121 Å². The van der Waals surface area contributed by atoms with Crippen molar-refractivity contribution in [3.05, 3.63) is 23.2 Å². The molecule has 0 radical (unpaired) electrons. The van der Waals surface area contributed by atoms with Crippen molar-refractivity contribution in [2.45, 2.75) is 33.4 Å². The Morgan fingerprint density at radius 3 is 2.52 bits per heavy atom. The van der Waals surface area contributed by atoms with Gasteiger partial charge < -0.3 is 25.5 Å². The zero-order chi connectivity index (χ0) is 16.0. The van der Waals surface area contributed by atoms with E-state index in [2.05, 4.69) is 16.0 Å². The topological polar surface area (TPSA) is 121 Å². The molecule has 8 heteroatoms. The van der Waals surface area contributed by atoms with Gasteiger partial charge in [0.1, 0.15) is 23.1 Å². The quantitative estimate of drug-likeness (QED) is 0.613. The van der Waals surface area contributed by atoms with E-state index < -0.39 is 18.0 Å². The van der Waals surface area contributed by atoms with E-state index in [0.29, 0.717) is 12.3 Å². The number of hydrogen-bond donors (Lipinski definition) is 4. The molecule has 21 heavy (non-hydrogen) atoms. The lowest BCUT2D eigenvalue weighted by Gasteiger charge is -2.13. The number of rotatable bonds is 6. The van der Waals surface area contributed by atoms with Gasteiger partial charge in [0.2, 0.25) is 5.91 Å². The largest absolute Gasteiger partial charge is 0.478 e. The Morgan fingerprint density at radius 1 is 1.33 bits per heavy atom. The number of carboxylic acids is 1. The van der Waals surface area contributed by atoms with Crippen LogP contribution in [0.4, 0.5) is 4.79 Å². The number of carbonyl (C=O) groups is 3. The number of hydrogen-bond acceptors (Lipinski definition) is 4. The normalized spacial score (nSPS) is 11.6. The molecule has 4 N–H and O–H groups in total. The van der Waals surface area contributed by atoms with Crippen molar-refractivity contribution in [1.82, 2.24) is 16.0 Å². The van der Waals surface area contributed by atoms with Gasteiger partial charge in [-0.2, -0.15) is 0 Å². The molecule has 0 fully saturated rings. The number of urea groups is 1. The third kappa shape index (κ3) is 4.83. The van der Waals surface area contributed by atoms with Crippen LogP contribution in [0.1, 0.15) is 35.7 Å². The second-order valence-corrected chi connectivity index (χ2v) is 4.43. The summed E-state index contributed by atoms with van der Waals surface area (Å²) in [5.74, 6) is -0.771. The second kappa shape index (κ2) is 7.32. The summed E-state index contributed by atoms with van der Waals surface area (Å²) in [4.78, 5) is 33.9. The number of aryl methyl sites for hydroxylation is 1. The highest BCUT2D eigenvalue weighted by Gasteiger charge is 2.16. The van der Waals surface area contributed by atoms with E-state index >= 15 is 0 Å². The summed E-state index contributed by atoms with van der Waals surface area (Å²) in [7, 11) is 0. The highest BCUT2D eigenvalue weighted by molar-refractivity contribution is 5.89. The fourth-order valence-corrected chi connectivity index (χ4v) is 1.65. The van der Waals surface area contributed by atoms with E-state index in [1.54, 1.807) is 13.8 Å². The average molecular weight is 297 g/mol. The van der Waals surface area contributed by atoms with E-state index in [1.807, 2.05) is 0 Å². The van der Waals surface area contributed by atoms with Gasteiger partial charge >= 0.3 is 12.0 Å². The molecule has 1 aromatic rings. The van der Waals surface area contributed by atoms with Crippen LogP contribution in [0.5, 0.6) is 0 Å². The van der Waals surface area contributed by atoms with Crippen LogP contribution >= 0.6 is 0 Å². The first-order valence-corrected chi connectivity index (χ1v) is 6.49. The van der Waals surface area contributed by atoms with Crippen LogP contribution in [0, 0.1) is 6.92 Å². The molecule has 1 heterocycles. The van der Waals surface area contributed by atoms with E-state index in [4.69, 9.17) is 9.52 Å². The van der Waals surface area contributed by atoms with Gasteiger partial charge in [0.05, 0.1) is 6.54 Å². The molecular formula is C13H19N3O5. The molecule has 0 aliphatic heterocycles. The Bertz CT molecular complexity index is 538. The number of carboxylic acid groups (broad SMARTS) is 1. The summed E-state index contributed by atoms with van der Waals surface area (Å²) in [5, 5.41) is 16.4. The van der Waals surface area contributed by atoms with Crippen molar-refractivity contribution < 1.29 is 23.9 Å². The molecule has 0 saturated carbocycles. The molecule has 0 aromatic carbocycles. The summed E-state index contributed by atoms with van der Waals surface area (Å²) in [5.41, 5.74) is 0.0582. The van der Waals surface area contributed by atoms with Crippen molar-refractivity contribution in [2.24, 2.45) is 0 Å². The molecule has 1 atom stereocenters. The number of carbonyl (C=O) groups excluding carboxylic acids is 2. The van der Waals surface area contributed by atoms with Crippen LogP contribution < -0.4 is 16.0 Å². The molecule has 0 saturated heterocycles. The van der Waals surface area contributed by atoms with E-state index in [-0.39, 0.29) is 23.8 Å². The first kappa shape index (κ1) is 16.5. The monoisotopic (exact) mass is 297 g/mol. The van der Waals surface area contributed by atoms with Crippen LogP contribution in [-0.2, 0) is 11.3 Å². The van der Waals surface area contributed by atoms with Crippen molar-refractivity contribution in [3.8, 4) is 0 Å². The van der Waals surface area contributed by atoms with Crippen molar-refractivity contribution in [3.63, 3.8) is 0 Å². The lowest BCUT2D eigenvalue weighted by molar-refractivity contribution is -0.122. The molecule has 0 aliphatic carbocycles. The van der Waals surface area contributed by atoms with Crippen LogP contribution in [0.3, 0.4) is 0 Å².